The SMILES string of the molecule is Cc1ncc(CO)c(CNCC(C)(C)C#N)c1O. The Morgan fingerprint density at radius 1 is 1.50 bits per heavy atom. The lowest BCUT2D eigenvalue weighted by Crippen LogP contribution is -2.28. The Hall–Kier alpha value is -1.64. The number of nitrogens with zero attached hydrogens (tertiary/aromatic N) is 2. The normalized spacial score (nSPS) is 11.3. The molecule has 3 N–H and O–H groups in total. The fourth-order valence-electron chi connectivity index (χ4n) is 1.56. The van der Waals surface area contributed by atoms with E-state index in [4.69, 9.17) is 5.26 Å². The summed E-state index contributed by atoms with van der Waals surface area (Å²) >= 11 is 0. The number of aryl methyl sites for hydroxylation is 1. The standard InChI is InChI=1S/C13H19N3O2/c1-9-12(18)11(10(6-17)4-16-9)5-15-8-13(2,3)7-14/h4,15,17-18H,5-6,8H2,1-3H3. The molecule has 0 aliphatic carbocycles. The molecule has 0 aliphatic rings. The second kappa shape index (κ2) is 5.80. The van der Waals surface area contributed by atoms with Gasteiger partial charge >= 0.3 is 0 Å². The Balaban J connectivity index is 2.79. The molecule has 5 heteroatoms. The van der Waals surface area contributed by atoms with Gasteiger partial charge in [-0.1, -0.05) is 0 Å². The molecule has 0 saturated heterocycles. The van der Waals surface area contributed by atoms with Gasteiger partial charge in [-0.05, 0) is 20.8 Å². The van der Waals surface area contributed by atoms with E-state index >= 15 is 0 Å². The number of hydrogen-bond donors (Lipinski definition) is 3. The highest BCUT2D eigenvalue weighted by molar-refractivity contribution is 5.40. The number of nitriles is 1. The molecule has 0 aromatic carbocycles. The van der Waals surface area contributed by atoms with Gasteiger partial charge < -0.3 is 15.5 Å². The van der Waals surface area contributed by atoms with Crippen LogP contribution in [0.3, 0.4) is 0 Å². The van der Waals surface area contributed by atoms with Crippen LogP contribution in [0.2, 0.25) is 0 Å². The number of aromatic nitrogens is 1. The number of rotatable bonds is 5. The van der Waals surface area contributed by atoms with Crippen molar-refractivity contribution in [3.05, 3.63) is 23.0 Å². The molecule has 0 saturated carbocycles. The van der Waals surface area contributed by atoms with Gasteiger partial charge in [0.2, 0.25) is 0 Å². The molecule has 0 radical (unpaired) electrons. The summed E-state index contributed by atoms with van der Waals surface area (Å²) in [5.41, 5.74) is 1.31. The third-order valence-corrected chi connectivity index (χ3v) is 2.77. The van der Waals surface area contributed by atoms with Crippen molar-refractivity contribution in [1.82, 2.24) is 10.3 Å². The molecule has 0 fully saturated rings. The van der Waals surface area contributed by atoms with Crippen molar-refractivity contribution >= 4 is 0 Å². The molecule has 0 amide bonds. The average molecular weight is 249 g/mol. The fourth-order valence-corrected chi connectivity index (χ4v) is 1.56. The zero-order chi connectivity index (χ0) is 13.8. The summed E-state index contributed by atoms with van der Waals surface area (Å²) in [7, 11) is 0. The summed E-state index contributed by atoms with van der Waals surface area (Å²) in [6.07, 6.45) is 1.56. The van der Waals surface area contributed by atoms with E-state index in [1.165, 1.54) is 0 Å². The summed E-state index contributed by atoms with van der Waals surface area (Å²) < 4.78 is 0. The molecule has 1 rings (SSSR count). The molecule has 98 valence electrons. The number of pyridine rings is 1. The fraction of sp³-hybridized carbons (Fsp3) is 0.538. The molecule has 1 aromatic heterocycles. The first kappa shape index (κ1) is 14.4. The van der Waals surface area contributed by atoms with Crippen LogP contribution < -0.4 is 5.32 Å². The van der Waals surface area contributed by atoms with Crippen LogP contribution in [0.15, 0.2) is 6.20 Å². The smallest absolute Gasteiger partial charge is 0.141 e. The molecule has 1 aromatic rings. The molecule has 18 heavy (non-hydrogen) atoms. The van der Waals surface area contributed by atoms with E-state index in [1.807, 2.05) is 13.8 Å². The predicted octanol–water partition coefficient (Wildman–Crippen LogP) is 1.23. The number of hydrogen-bond acceptors (Lipinski definition) is 5. The van der Waals surface area contributed by atoms with Crippen molar-refractivity contribution in [3.63, 3.8) is 0 Å². The Morgan fingerprint density at radius 3 is 2.72 bits per heavy atom. The van der Waals surface area contributed by atoms with Crippen molar-refractivity contribution in [1.29, 1.82) is 5.26 Å². The van der Waals surface area contributed by atoms with Gasteiger partial charge in [-0.25, -0.2) is 0 Å². The van der Waals surface area contributed by atoms with Gasteiger partial charge in [0.1, 0.15) is 5.75 Å². The van der Waals surface area contributed by atoms with Crippen molar-refractivity contribution < 1.29 is 10.2 Å². The topological polar surface area (TPSA) is 89.2 Å². The third kappa shape index (κ3) is 3.42. The number of nitrogens with one attached hydrogen (secondary N) is 1. The monoisotopic (exact) mass is 249 g/mol. The van der Waals surface area contributed by atoms with E-state index in [2.05, 4.69) is 16.4 Å². The highest BCUT2D eigenvalue weighted by Crippen LogP contribution is 2.24. The van der Waals surface area contributed by atoms with E-state index in [0.717, 1.165) is 0 Å². The van der Waals surface area contributed by atoms with Gasteiger partial charge in [-0.3, -0.25) is 4.98 Å². The zero-order valence-electron chi connectivity index (χ0n) is 11.0. The lowest BCUT2D eigenvalue weighted by molar-refractivity contribution is 0.278. The van der Waals surface area contributed by atoms with Crippen LogP contribution in [0.25, 0.3) is 0 Å². The number of aliphatic hydroxyl groups is 1. The largest absolute Gasteiger partial charge is 0.506 e. The minimum Gasteiger partial charge on any atom is -0.506 e. The Labute approximate surface area is 107 Å². The quantitative estimate of drug-likeness (QED) is 0.730. The van der Waals surface area contributed by atoms with Gasteiger partial charge in [0.05, 0.1) is 23.8 Å². The molecule has 0 atom stereocenters. The lowest BCUT2D eigenvalue weighted by Gasteiger charge is -2.17. The van der Waals surface area contributed by atoms with Crippen LogP contribution in [0, 0.1) is 23.7 Å². The second-order valence-corrected chi connectivity index (χ2v) is 4.95. The van der Waals surface area contributed by atoms with Crippen LogP contribution in [-0.4, -0.2) is 21.7 Å². The first-order valence-corrected chi connectivity index (χ1v) is 5.80. The van der Waals surface area contributed by atoms with Gasteiger partial charge in [0, 0.05) is 30.4 Å². The first-order chi connectivity index (χ1) is 8.41. The minimum atomic E-state index is -0.461. The Morgan fingerprint density at radius 2 is 2.17 bits per heavy atom. The maximum absolute atomic E-state index is 9.92. The van der Waals surface area contributed by atoms with E-state index in [1.54, 1.807) is 13.1 Å². The van der Waals surface area contributed by atoms with Gasteiger partial charge in [0.15, 0.2) is 0 Å². The predicted molar refractivity (Wildman–Crippen MR) is 67.7 cm³/mol. The van der Waals surface area contributed by atoms with Crippen LogP contribution in [0.4, 0.5) is 0 Å². The van der Waals surface area contributed by atoms with Crippen molar-refractivity contribution in [2.45, 2.75) is 33.9 Å². The summed E-state index contributed by atoms with van der Waals surface area (Å²) in [6.45, 7) is 6.12. The highest BCUT2D eigenvalue weighted by Gasteiger charge is 2.17. The number of aromatic hydroxyl groups is 1. The highest BCUT2D eigenvalue weighted by atomic mass is 16.3. The van der Waals surface area contributed by atoms with Crippen molar-refractivity contribution in [2.24, 2.45) is 5.41 Å². The Kier molecular flexibility index (Phi) is 4.65. The number of aliphatic hydroxyl groups excluding tert-OH is 1. The van der Waals surface area contributed by atoms with E-state index in [0.29, 0.717) is 29.9 Å². The summed E-state index contributed by atoms with van der Waals surface area (Å²) in [5, 5.41) is 31.1. The Bertz CT molecular complexity index is 464. The van der Waals surface area contributed by atoms with Gasteiger partial charge in [-0.15, -0.1) is 0 Å². The molecule has 0 spiro atoms. The summed E-state index contributed by atoms with van der Waals surface area (Å²) in [6, 6.07) is 2.20. The van der Waals surface area contributed by atoms with Crippen LogP contribution in [-0.2, 0) is 13.2 Å². The summed E-state index contributed by atoms with van der Waals surface area (Å²) in [5.74, 6) is 0.101. The van der Waals surface area contributed by atoms with E-state index in [-0.39, 0.29) is 12.4 Å². The molecule has 5 nitrogen and oxygen atoms in total. The lowest BCUT2D eigenvalue weighted by atomic mass is 9.96. The van der Waals surface area contributed by atoms with Gasteiger partial charge in [0.25, 0.3) is 0 Å². The average Bonchev–Trinajstić information content (AvgIpc) is 2.34. The molecule has 0 bridgehead atoms. The van der Waals surface area contributed by atoms with Crippen molar-refractivity contribution in [3.8, 4) is 11.8 Å². The van der Waals surface area contributed by atoms with Crippen LogP contribution >= 0.6 is 0 Å². The molecular formula is C13H19N3O2. The van der Waals surface area contributed by atoms with Crippen LogP contribution in [0.5, 0.6) is 5.75 Å². The summed E-state index contributed by atoms with van der Waals surface area (Å²) in [4.78, 5) is 3.99. The molecule has 0 unspecified atom stereocenters. The molecule has 1 heterocycles. The van der Waals surface area contributed by atoms with E-state index in [9.17, 15) is 10.2 Å². The zero-order valence-corrected chi connectivity index (χ0v) is 11.0. The molecular weight excluding hydrogens is 230 g/mol. The van der Waals surface area contributed by atoms with E-state index < -0.39 is 5.41 Å². The van der Waals surface area contributed by atoms with Crippen molar-refractivity contribution in [2.75, 3.05) is 6.54 Å². The van der Waals surface area contributed by atoms with Gasteiger partial charge in [-0.2, -0.15) is 5.26 Å². The maximum Gasteiger partial charge on any atom is 0.141 e. The minimum absolute atomic E-state index is 0.101. The van der Waals surface area contributed by atoms with Crippen LogP contribution in [0.1, 0.15) is 30.7 Å². The first-order valence-electron chi connectivity index (χ1n) is 5.80. The second-order valence-electron chi connectivity index (χ2n) is 4.95. The third-order valence-electron chi connectivity index (χ3n) is 2.77. The molecule has 0 aliphatic heterocycles. The maximum atomic E-state index is 9.92.